The molecule has 1 aliphatic rings. The third-order valence-electron chi connectivity index (χ3n) is 4.87. The summed E-state index contributed by atoms with van der Waals surface area (Å²) >= 11 is 0. The molecule has 7 heteroatoms. The van der Waals surface area contributed by atoms with Crippen molar-refractivity contribution in [2.75, 3.05) is 17.3 Å². The Kier molecular flexibility index (Phi) is 5.91. The van der Waals surface area contributed by atoms with Crippen molar-refractivity contribution in [1.82, 2.24) is 0 Å². The Bertz CT molecular complexity index is 1020. The maximum Gasteiger partial charge on any atom is 0.294 e. The van der Waals surface area contributed by atoms with Crippen LogP contribution in [0.3, 0.4) is 0 Å². The van der Waals surface area contributed by atoms with E-state index < -0.39 is 23.6 Å². The first-order valence-corrected chi connectivity index (χ1v) is 9.57. The van der Waals surface area contributed by atoms with Gasteiger partial charge in [0, 0.05) is 24.2 Å². The van der Waals surface area contributed by atoms with Crippen molar-refractivity contribution >= 4 is 29.0 Å². The number of ether oxygens (including phenoxy) is 1. The average molecular weight is 408 g/mol. The Labute approximate surface area is 175 Å². The van der Waals surface area contributed by atoms with E-state index in [1.165, 1.54) is 11.8 Å². The van der Waals surface area contributed by atoms with Crippen LogP contribution in [0.4, 0.5) is 11.4 Å². The van der Waals surface area contributed by atoms with Gasteiger partial charge in [0.15, 0.2) is 11.5 Å². The van der Waals surface area contributed by atoms with Gasteiger partial charge >= 0.3 is 0 Å². The summed E-state index contributed by atoms with van der Waals surface area (Å²) in [5.74, 6) is -1.54. The highest BCUT2D eigenvalue weighted by Gasteiger charge is 2.44. The molecular formula is C23H24N2O5. The summed E-state index contributed by atoms with van der Waals surface area (Å²) < 4.78 is 5.20. The fourth-order valence-electron chi connectivity index (χ4n) is 3.47. The first kappa shape index (κ1) is 21.1. The number of amides is 2. The van der Waals surface area contributed by atoms with E-state index >= 15 is 0 Å². The molecule has 2 aromatic rings. The monoisotopic (exact) mass is 408 g/mol. The van der Waals surface area contributed by atoms with Gasteiger partial charge in [-0.15, -0.1) is 0 Å². The summed E-state index contributed by atoms with van der Waals surface area (Å²) in [7, 11) is 1.55. The second kappa shape index (κ2) is 8.41. The molecule has 0 spiro atoms. The second-order valence-corrected chi connectivity index (χ2v) is 7.36. The molecule has 156 valence electrons. The van der Waals surface area contributed by atoms with Gasteiger partial charge in [0.2, 0.25) is 5.91 Å². The Morgan fingerprint density at radius 2 is 1.80 bits per heavy atom. The number of anilines is 2. The number of aliphatic hydroxyl groups is 1. The van der Waals surface area contributed by atoms with Gasteiger partial charge in [-0.2, -0.15) is 0 Å². The molecule has 7 nitrogen and oxygen atoms in total. The lowest BCUT2D eigenvalue weighted by Gasteiger charge is -2.28. The van der Waals surface area contributed by atoms with E-state index in [2.05, 4.69) is 5.32 Å². The molecule has 2 N–H and O–H groups in total. The summed E-state index contributed by atoms with van der Waals surface area (Å²) in [6, 6.07) is 12.9. The van der Waals surface area contributed by atoms with Crippen LogP contribution in [0.1, 0.15) is 32.4 Å². The molecule has 1 unspecified atom stereocenters. The van der Waals surface area contributed by atoms with E-state index in [-0.39, 0.29) is 17.3 Å². The first-order chi connectivity index (χ1) is 14.2. The lowest BCUT2D eigenvalue weighted by molar-refractivity contribution is -0.119. The van der Waals surface area contributed by atoms with E-state index in [1.54, 1.807) is 69.5 Å². The molecule has 0 aliphatic carbocycles. The predicted octanol–water partition coefficient (Wildman–Crippen LogP) is 3.78. The molecule has 2 amide bonds. The number of hydrogen-bond donors (Lipinski definition) is 2. The molecule has 3 rings (SSSR count). The van der Waals surface area contributed by atoms with Crippen LogP contribution in [-0.4, -0.2) is 29.8 Å². The third kappa shape index (κ3) is 3.91. The number of Topliss-reactive ketones (excluding diaryl/α,β-unsaturated/α-hetero) is 1. The predicted molar refractivity (Wildman–Crippen MR) is 113 cm³/mol. The van der Waals surface area contributed by atoms with Crippen LogP contribution in [0.2, 0.25) is 0 Å². The van der Waals surface area contributed by atoms with Gasteiger partial charge in [-0.25, -0.2) is 0 Å². The van der Waals surface area contributed by atoms with Gasteiger partial charge < -0.3 is 15.2 Å². The largest absolute Gasteiger partial charge is 0.503 e. The van der Waals surface area contributed by atoms with Gasteiger partial charge in [-0.3, -0.25) is 19.3 Å². The zero-order valence-corrected chi connectivity index (χ0v) is 17.3. The van der Waals surface area contributed by atoms with Crippen molar-refractivity contribution in [3.05, 3.63) is 65.4 Å². The van der Waals surface area contributed by atoms with Gasteiger partial charge in [-0.1, -0.05) is 32.0 Å². The Morgan fingerprint density at radius 1 is 1.13 bits per heavy atom. The third-order valence-corrected chi connectivity index (χ3v) is 4.87. The molecule has 0 radical (unpaired) electrons. The maximum atomic E-state index is 13.0. The zero-order chi connectivity index (χ0) is 22.0. The number of rotatable bonds is 6. The molecular weight excluding hydrogens is 384 g/mol. The van der Waals surface area contributed by atoms with Crippen molar-refractivity contribution in [1.29, 1.82) is 0 Å². The van der Waals surface area contributed by atoms with Gasteiger partial charge in [-0.05, 0) is 35.9 Å². The molecule has 1 atom stereocenters. The van der Waals surface area contributed by atoms with Crippen LogP contribution in [0.25, 0.3) is 0 Å². The van der Waals surface area contributed by atoms with E-state index in [0.717, 1.165) is 0 Å². The number of hydrogen-bond acceptors (Lipinski definition) is 5. The summed E-state index contributed by atoms with van der Waals surface area (Å²) in [5, 5.41) is 13.3. The van der Waals surface area contributed by atoms with Crippen molar-refractivity contribution in [2.45, 2.75) is 26.8 Å². The van der Waals surface area contributed by atoms with Crippen LogP contribution in [-0.2, 0) is 14.4 Å². The van der Waals surface area contributed by atoms with Crippen LogP contribution in [0, 0.1) is 5.92 Å². The highest BCUT2D eigenvalue weighted by molar-refractivity contribution is 6.17. The van der Waals surface area contributed by atoms with E-state index in [4.69, 9.17) is 4.74 Å². The number of carbonyl (C=O) groups excluding carboxylic acids is 3. The molecule has 2 aromatic carbocycles. The lowest BCUT2D eigenvalue weighted by Crippen LogP contribution is -2.31. The minimum Gasteiger partial charge on any atom is -0.503 e. The number of methoxy groups -OCH3 is 1. The normalized spacial score (nSPS) is 16.2. The van der Waals surface area contributed by atoms with Crippen LogP contribution >= 0.6 is 0 Å². The number of nitrogens with zero attached hydrogens (tertiary/aromatic N) is 1. The smallest absolute Gasteiger partial charge is 0.294 e. The van der Waals surface area contributed by atoms with Gasteiger partial charge in [0.1, 0.15) is 5.75 Å². The van der Waals surface area contributed by atoms with Gasteiger partial charge in [0.05, 0.1) is 18.7 Å². The molecule has 0 saturated heterocycles. The molecule has 30 heavy (non-hydrogen) atoms. The quantitative estimate of drug-likeness (QED) is 0.758. The fraction of sp³-hybridized carbons (Fsp3) is 0.261. The number of aliphatic hydroxyl groups excluding tert-OH is 1. The highest BCUT2D eigenvalue weighted by atomic mass is 16.5. The molecule has 0 bridgehead atoms. The molecule has 0 aromatic heterocycles. The number of carbonyl (C=O) groups is 3. The fourth-order valence-corrected chi connectivity index (χ4v) is 3.47. The van der Waals surface area contributed by atoms with Gasteiger partial charge in [0.25, 0.3) is 5.91 Å². The topological polar surface area (TPSA) is 95.9 Å². The number of nitrogens with one attached hydrogen (secondary N) is 1. The Hall–Kier alpha value is -3.61. The molecule has 1 heterocycles. The van der Waals surface area contributed by atoms with Crippen LogP contribution in [0.15, 0.2) is 59.9 Å². The second-order valence-electron chi connectivity index (χ2n) is 7.36. The summed E-state index contributed by atoms with van der Waals surface area (Å²) in [6.07, 6.45) is 0. The number of benzene rings is 2. The Morgan fingerprint density at radius 3 is 2.37 bits per heavy atom. The number of ketones is 1. The SMILES string of the molecule is COc1ccc(C2C(C(=O)C(C)C)=C(O)C(=O)N2c2cccc(NC(C)=O)c2)cc1. The molecule has 0 fully saturated rings. The van der Waals surface area contributed by atoms with E-state index in [9.17, 15) is 19.5 Å². The van der Waals surface area contributed by atoms with Crippen molar-refractivity contribution in [3.63, 3.8) is 0 Å². The van der Waals surface area contributed by atoms with Crippen molar-refractivity contribution in [3.8, 4) is 5.75 Å². The highest BCUT2D eigenvalue weighted by Crippen LogP contribution is 2.42. The minimum atomic E-state index is -0.800. The Balaban J connectivity index is 2.14. The minimum absolute atomic E-state index is 0.0603. The summed E-state index contributed by atoms with van der Waals surface area (Å²) in [4.78, 5) is 38.8. The maximum absolute atomic E-state index is 13.0. The van der Waals surface area contributed by atoms with Crippen LogP contribution < -0.4 is 15.0 Å². The van der Waals surface area contributed by atoms with E-state index in [1.807, 2.05) is 0 Å². The van der Waals surface area contributed by atoms with Crippen molar-refractivity contribution in [2.24, 2.45) is 5.92 Å². The standard InChI is InChI=1S/C23H24N2O5/c1-13(2)21(27)19-20(15-8-10-18(30-4)11-9-15)25(23(29)22(19)28)17-7-5-6-16(12-17)24-14(3)26/h5-13,20,28H,1-4H3,(H,24,26). The summed E-state index contributed by atoms with van der Waals surface area (Å²) in [6.45, 7) is 4.83. The average Bonchev–Trinajstić information content (AvgIpc) is 2.98. The van der Waals surface area contributed by atoms with E-state index in [0.29, 0.717) is 22.7 Å². The first-order valence-electron chi connectivity index (χ1n) is 9.57. The lowest BCUT2D eigenvalue weighted by atomic mass is 9.91. The zero-order valence-electron chi connectivity index (χ0n) is 17.3. The summed E-state index contributed by atoms with van der Waals surface area (Å²) in [5.41, 5.74) is 1.67. The molecule has 1 aliphatic heterocycles. The van der Waals surface area contributed by atoms with Crippen LogP contribution in [0.5, 0.6) is 5.75 Å². The molecule has 0 saturated carbocycles. The van der Waals surface area contributed by atoms with Crippen molar-refractivity contribution < 1.29 is 24.2 Å².